The van der Waals surface area contributed by atoms with Gasteiger partial charge < -0.3 is 30.1 Å². The Bertz CT molecular complexity index is 784. The minimum atomic E-state index is -0.518. The van der Waals surface area contributed by atoms with E-state index in [9.17, 15) is 20.2 Å². The lowest BCUT2D eigenvalue weighted by Crippen LogP contribution is -2.38. The van der Waals surface area contributed by atoms with Gasteiger partial charge in [-0.05, 0) is 9.85 Å². The summed E-state index contributed by atoms with van der Waals surface area (Å²) in [6, 6.07) is 0. The van der Waals surface area contributed by atoms with Gasteiger partial charge in [-0.3, -0.25) is 4.90 Å². The van der Waals surface area contributed by atoms with E-state index in [0.717, 1.165) is 32.8 Å². The Labute approximate surface area is 160 Å². The first-order valence-corrected chi connectivity index (χ1v) is 8.66. The Balaban J connectivity index is 0.000000209. The molecular weight excluding hydrogens is 374 g/mol. The molecule has 0 unspecified atom stereocenters. The van der Waals surface area contributed by atoms with Crippen LogP contribution in [0.5, 0.6) is 0 Å². The van der Waals surface area contributed by atoms with E-state index in [0.29, 0.717) is 12.4 Å². The van der Waals surface area contributed by atoms with Crippen LogP contribution in [0.2, 0.25) is 0 Å². The van der Waals surface area contributed by atoms with Crippen LogP contribution < -0.4 is 0 Å². The van der Waals surface area contributed by atoms with E-state index in [4.69, 9.17) is 9.84 Å². The van der Waals surface area contributed by atoms with Gasteiger partial charge in [0.15, 0.2) is 12.2 Å². The highest BCUT2D eigenvalue weighted by Gasteiger charge is 2.16. The average Bonchev–Trinajstić information content (AvgIpc) is 3.29. The normalized spacial score (nSPS) is 14.4. The lowest BCUT2D eigenvalue weighted by molar-refractivity contribution is -0.392. The Hall–Kier alpha value is -2.90. The number of rotatable bonds is 7. The van der Waals surface area contributed by atoms with Crippen LogP contribution in [-0.4, -0.2) is 78.4 Å². The zero-order valence-corrected chi connectivity index (χ0v) is 15.5. The van der Waals surface area contributed by atoms with Crippen molar-refractivity contribution in [1.82, 2.24) is 24.0 Å². The molecule has 2 aromatic rings. The molecule has 0 saturated carbocycles. The van der Waals surface area contributed by atoms with E-state index in [1.165, 1.54) is 23.3 Å². The van der Waals surface area contributed by atoms with Crippen LogP contribution in [0.3, 0.4) is 0 Å². The minimum absolute atomic E-state index is 0.0493. The Morgan fingerprint density at radius 1 is 1.11 bits per heavy atom. The maximum atomic E-state index is 10.6. The smallest absolute Gasteiger partial charge is 0.342 e. The zero-order chi connectivity index (χ0) is 20.5. The summed E-state index contributed by atoms with van der Waals surface area (Å²) in [5.74, 6) is 0.505. The molecular formula is C15H23N7O6. The molecule has 154 valence electrons. The number of hydrogen-bond acceptors (Lipinski definition) is 9. The Kier molecular flexibility index (Phi) is 7.98. The summed E-state index contributed by atoms with van der Waals surface area (Å²) in [5.41, 5.74) is 0. The number of ether oxygens (including phenoxy) is 1. The third-order valence-corrected chi connectivity index (χ3v) is 4.18. The summed E-state index contributed by atoms with van der Waals surface area (Å²) in [6.45, 7) is 6.39. The van der Waals surface area contributed by atoms with E-state index in [1.54, 1.807) is 11.5 Å². The number of morpholine rings is 1. The van der Waals surface area contributed by atoms with Crippen LogP contribution >= 0.6 is 0 Å². The summed E-state index contributed by atoms with van der Waals surface area (Å²) in [6.07, 6.45) is 3.96. The summed E-state index contributed by atoms with van der Waals surface area (Å²) in [7, 11) is 0. The van der Waals surface area contributed by atoms with Crippen LogP contribution in [0.15, 0.2) is 18.7 Å². The van der Waals surface area contributed by atoms with Gasteiger partial charge in [0, 0.05) is 26.6 Å². The van der Waals surface area contributed by atoms with Gasteiger partial charge in [0.2, 0.25) is 0 Å². The van der Waals surface area contributed by atoms with Crippen LogP contribution in [-0.2, 0) is 17.8 Å². The average molecular weight is 397 g/mol. The quantitative estimate of drug-likeness (QED) is 0.510. The van der Waals surface area contributed by atoms with Gasteiger partial charge in [0.25, 0.3) is 0 Å². The van der Waals surface area contributed by atoms with E-state index in [2.05, 4.69) is 14.9 Å². The van der Waals surface area contributed by atoms with Crippen LogP contribution in [0.1, 0.15) is 5.82 Å². The van der Waals surface area contributed by atoms with Gasteiger partial charge >= 0.3 is 11.6 Å². The number of aryl methyl sites for hydroxylation is 1. The lowest BCUT2D eigenvalue weighted by Gasteiger charge is -2.25. The molecule has 0 atom stereocenters. The predicted octanol–water partition coefficient (Wildman–Crippen LogP) is 0.216. The molecule has 1 N–H and O–H groups in total. The molecule has 1 saturated heterocycles. The van der Waals surface area contributed by atoms with Crippen molar-refractivity contribution >= 4 is 11.6 Å². The van der Waals surface area contributed by atoms with Crippen molar-refractivity contribution in [3.63, 3.8) is 0 Å². The highest BCUT2D eigenvalue weighted by molar-refractivity contribution is 5.18. The standard InChI is InChI=1S/C9H14N4O3.C6H9N3O3/c14-13(15)9-7-10-8-12(9)2-1-11-3-5-16-6-4-11;1-5-7-4-6(9(11)12)8(5)2-3-10/h7-8H,1-6H2;4,10H,2-3H2,1H3. The zero-order valence-electron chi connectivity index (χ0n) is 15.5. The summed E-state index contributed by atoms with van der Waals surface area (Å²) in [5, 5.41) is 29.6. The fourth-order valence-electron chi connectivity index (χ4n) is 2.69. The summed E-state index contributed by atoms with van der Waals surface area (Å²) < 4.78 is 8.16. The van der Waals surface area contributed by atoms with Gasteiger partial charge in [-0.25, -0.2) is 19.1 Å². The molecule has 13 nitrogen and oxygen atoms in total. The second-order valence-electron chi connectivity index (χ2n) is 5.95. The maximum Gasteiger partial charge on any atom is 0.342 e. The second-order valence-corrected chi connectivity index (χ2v) is 5.95. The van der Waals surface area contributed by atoms with Crippen LogP contribution in [0, 0.1) is 27.2 Å². The first kappa shape index (κ1) is 21.4. The first-order valence-electron chi connectivity index (χ1n) is 8.66. The van der Waals surface area contributed by atoms with E-state index in [1.807, 2.05) is 0 Å². The molecule has 0 amide bonds. The van der Waals surface area contributed by atoms with Crippen molar-refractivity contribution in [2.75, 3.05) is 39.5 Å². The van der Waals surface area contributed by atoms with Crippen molar-refractivity contribution in [1.29, 1.82) is 0 Å². The molecule has 0 bridgehead atoms. The third kappa shape index (κ3) is 5.80. The minimum Gasteiger partial charge on any atom is -0.392 e. The Morgan fingerprint density at radius 2 is 1.79 bits per heavy atom. The number of aliphatic hydroxyl groups is 1. The van der Waals surface area contributed by atoms with Gasteiger partial charge in [0.05, 0.1) is 19.8 Å². The van der Waals surface area contributed by atoms with E-state index < -0.39 is 9.85 Å². The van der Waals surface area contributed by atoms with Crippen molar-refractivity contribution in [3.05, 3.63) is 44.8 Å². The molecule has 0 aliphatic carbocycles. The number of imidazole rings is 2. The number of aromatic nitrogens is 4. The van der Waals surface area contributed by atoms with Crippen molar-refractivity contribution in [2.45, 2.75) is 20.0 Å². The van der Waals surface area contributed by atoms with E-state index >= 15 is 0 Å². The number of hydrogen-bond donors (Lipinski definition) is 1. The SMILES string of the molecule is Cc1ncc([N+](=O)[O-])n1CCO.O=[N+]([O-])c1cncn1CCN1CCOCC1. The van der Waals surface area contributed by atoms with Crippen LogP contribution in [0.25, 0.3) is 0 Å². The van der Waals surface area contributed by atoms with Crippen molar-refractivity contribution in [3.8, 4) is 0 Å². The topological polar surface area (TPSA) is 155 Å². The molecule has 0 radical (unpaired) electrons. The molecule has 0 spiro atoms. The summed E-state index contributed by atoms with van der Waals surface area (Å²) >= 11 is 0. The first-order chi connectivity index (χ1) is 13.4. The molecule has 3 rings (SSSR count). The second kappa shape index (κ2) is 10.4. The van der Waals surface area contributed by atoms with Crippen molar-refractivity contribution < 1.29 is 19.7 Å². The van der Waals surface area contributed by atoms with Gasteiger partial charge in [0.1, 0.15) is 25.5 Å². The monoisotopic (exact) mass is 397 g/mol. The largest absolute Gasteiger partial charge is 0.392 e. The molecule has 1 fully saturated rings. The molecule has 13 heteroatoms. The molecule has 1 aliphatic rings. The van der Waals surface area contributed by atoms with Crippen molar-refractivity contribution in [2.24, 2.45) is 0 Å². The van der Waals surface area contributed by atoms with Gasteiger partial charge in [-0.1, -0.05) is 0 Å². The maximum absolute atomic E-state index is 10.6. The number of nitro groups is 2. The fraction of sp³-hybridized carbons (Fsp3) is 0.600. The van der Waals surface area contributed by atoms with Crippen LogP contribution in [0.4, 0.5) is 11.6 Å². The molecule has 1 aliphatic heterocycles. The fourth-order valence-corrected chi connectivity index (χ4v) is 2.69. The Morgan fingerprint density at radius 3 is 2.39 bits per heavy atom. The molecule has 2 aromatic heterocycles. The highest BCUT2D eigenvalue weighted by Crippen LogP contribution is 2.12. The van der Waals surface area contributed by atoms with Gasteiger partial charge in [-0.15, -0.1) is 0 Å². The van der Waals surface area contributed by atoms with Gasteiger partial charge in [-0.2, -0.15) is 0 Å². The number of nitrogens with zero attached hydrogens (tertiary/aromatic N) is 7. The molecule has 3 heterocycles. The third-order valence-electron chi connectivity index (χ3n) is 4.18. The summed E-state index contributed by atoms with van der Waals surface area (Å²) in [4.78, 5) is 29.9. The molecule has 0 aromatic carbocycles. The number of aliphatic hydroxyl groups excluding tert-OH is 1. The lowest BCUT2D eigenvalue weighted by atomic mass is 10.4. The molecule has 28 heavy (non-hydrogen) atoms. The highest BCUT2D eigenvalue weighted by atomic mass is 16.6. The predicted molar refractivity (Wildman–Crippen MR) is 96.8 cm³/mol. The van der Waals surface area contributed by atoms with E-state index in [-0.39, 0.29) is 24.8 Å².